The van der Waals surface area contributed by atoms with Crippen LogP contribution < -0.4 is 10.6 Å². The Morgan fingerprint density at radius 3 is 2.25 bits per heavy atom. The predicted molar refractivity (Wildman–Crippen MR) is 96.5 cm³/mol. The zero-order chi connectivity index (χ0) is 17.3. The quantitative estimate of drug-likeness (QED) is 0.859. The molecule has 124 valence electrons. The van der Waals surface area contributed by atoms with Crippen LogP contribution in [0, 0.1) is 18.8 Å². The van der Waals surface area contributed by atoms with Gasteiger partial charge in [-0.2, -0.15) is 0 Å². The molecule has 0 heterocycles. The van der Waals surface area contributed by atoms with Crippen LogP contribution in [0.1, 0.15) is 29.3 Å². The molecule has 1 aliphatic carbocycles. The lowest BCUT2D eigenvalue weighted by molar-refractivity contribution is -0.117. The molecule has 0 spiro atoms. The average molecular weight is 343 g/mol. The summed E-state index contributed by atoms with van der Waals surface area (Å²) in [6, 6.07) is 12.2. The van der Waals surface area contributed by atoms with Crippen molar-refractivity contribution >= 4 is 34.8 Å². The van der Waals surface area contributed by atoms with Gasteiger partial charge in [-0.1, -0.05) is 24.6 Å². The van der Waals surface area contributed by atoms with E-state index < -0.39 is 0 Å². The Labute approximate surface area is 146 Å². The highest BCUT2D eigenvalue weighted by Crippen LogP contribution is 2.38. The number of hydrogen-bond acceptors (Lipinski definition) is 2. The molecule has 0 aliphatic heterocycles. The standard InChI is InChI=1S/C19H19ClN2O2/c1-11-3-6-15(10-17(11)20)22-18(23)13-4-7-14(8-5-13)21-19(24)16-9-12(16)2/h3-8,10,12,16H,9H2,1-2H3,(H,21,24)(H,22,23). The van der Waals surface area contributed by atoms with E-state index in [2.05, 4.69) is 17.6 Å². The summed E-state index contributed by atoms with van der Waals surface area (Å²) in [4.78, 5) is 24.2. The largest absolute Gasteiger partial charge is 0.326 e. The molecule has 4 nitrogen and oxygen atoms in total. The Balaban J connectivity index is 1.63. The fourth-order valence-corrected chi connectivity index (χ4v) is 2.68. The molecule has 2 aromatic carbocycles. The molecule has 0 saturated heterocycles. The van der Waals surface area contributed by atoms with Gasteiger partial charge >= 0.3 is 0 Å². The van der Waals surface area contributed by atoms with Gasteiger partial charge in [-0.15, -0.1) is 0 Å². The minimum atomic E-state index is -0.219. The molecule has 5 heteroatoms. The maximum absolute atomic E-state index is 12.3. The van der Waals surface area contributed by atoms with Crippen LogP contribution in [0.4, 0.5) is 11.4 Å². The van der Waals surface area contributed by atoms with Crippen molar-refractivity contribution < 1.29 is 9.59 Å². The number of nitrogens with one attached hydrogen (secondary N) is 2. The topological polar surface area (TPSA) is 58.2 Å². The van der Waals surface area contributed by atoms with Crippen LogP contribution in [-0.4, -0.2) is 11.8 Å². The number of amides is 2. The van der Waals surface area contributed by atoms with Crippen molar-refractivity contribution in [3.63, 3.8) is 0 Å². The van der Waals surface area contributed by atoms with Gasteiger partial charge < -0.3 is 10.6 Å². The first-order chi connectivity index (χ1) is 11.4. The van der Waals surface area contributed by atoms with E-state index in [1.807, 2.05) is 19.1 Å². The van der Waals surface area contributed by atoms with Gasteiger partial charge in [-0.05, 0) is 61.2 Å². The fourth-order valence-electron chi connectivity index (χ4n) is 2.50. The highest BCUT2D eigenvalue weighted by atomic mass is 35.5. The van der Waals surface area contributed by atoms with Crippen molar-refractivity contribution in [1.82, 2.24) is 0 Å². The van der Waals surface area contributed by atoms with Crippen LogP contribution in [0.25, 0.3) is 0 Å². The Hall–Kier alpha value is -2.33. The van der Waals surface area contributed by atoms with Crippen molar-refractivity contribution in [2.75, 3.05) is 10.6 Å². The van der Waals surface area contributed by atoms with Gasteiger partial charge in [-0.25, -0.2) is 0 Å². The Kier molecular flexibility index (Phi) is 4.58. The normalized spacial score (nSPS) is 18.8. The summed E-state index contributed by atoms with van der Waals surface area (Å²) >= 11 is 6.06. The van der Waals surface area contributed by atoms with Crippen molar-refractivity contribution in [1.29, 1.82) is 0 Å². The molecule has 2 aromatic rings. The zero-order valence-corrected chi connectivity index (χ0v) is 14.4. The second-order valence-corrected chi connectivity index (χ2v) is 6.71. The van der Waals surface area contributed by atoms with E-state index in [1.54, 1.807) is 30.3 Å². The molecule has 1 saturated carbocycles. The van der Waals surface area contributed by atoms with E-state index in [0.29, 0.717) is 27.9 Å². The number of carbonyl (C=O) groups is 2. The molecule has 2 unspecified atom stereocenters. The molecule has 2 atom stereocenters. The molecule has 1 aliphatic rings. The molecule has 0 radical (unpaired) electrons. The van der Waals surface area contributed by atoms with Crippen LogP contribution in [0.5, 0.6) is 0 Å². The lowest BCUT2D eigenvalue weighted by atomic mass is 10.1. The number of hydrogen-bond donors (Lipinski definition) is 2. The highest BCUT2D eigenvalue weighted by molar-refractivity contribution is 6.31. The molecule has 2 N–H and O–H groups in total. The number of aryl methyl sites for hydroxylation is 1. The maximum atomic E-state index is 12.3. The molecular formula is C19H19ClN2O2. The van der Waals surface area contributed by atoms with Crippen molar-refractivity contribution in [3.05, 3.63) is 58.6 Å². The van der Waals surface area contributed by atoms with E-state index in [4.69, 9.17) is 11.6 Å². The summed E-state index contributed by atoms with van der Waals surface area (Å²) in [5.74, 6) is 0.424. The third-order valence-corrected chi connectivity index (χ3v) is 4.70. The smallest absolute Gasteiger partial charge is 0.255 e. The lowest BCUT2D eigenvalue weighted by Crippen LogP contribution is -2.15. The van der Waals surface area contributed by atoms with Crippen LogP contribution in [0.3, 0.4) is 0 Å². The van der Waals surface area contributed by atoms with Crippen molar-refractivity contribution in [3.8, 4) is 0 Å². The summed E-state index contributed by atoms with van der Waals surface area (Å²) in [7, 11) is 0. The molecule has 24 heavy (non-hydrogen) atoms. The van der Waals surface area contributed by atoms with Gasteiger partial charge in [0.15, 0.2) is 0 Å². The first kappa shape index (κ1) is 16.5. The SMILES string of the molecule is Cc1ccc(NC(=O)c2ccc(NC(=O)C3CC3C)cc2)cc1Cl. The fraction of sp³-hybridized carbons (Fsp3) is 0.263. The third kappa shape index (κ3) is 3.77. The molecule has 3 rings (SSSR count). The zero-order valence-electron chi connectivity index (χ0n) is 13.6. The van der Waals surface area contributed by atoms with Gasteiger partial charge in [-0.3, -0.25) is 9.59 Å². The minimum Gasteiger partial charge on any atom is -0.326 e. The predicted octanol–water partition coefficient (Wildman–Crippen LogP) is 4.50. The number of rotatable bonds is 4. The molecular weight excluding hydrogens is 324 g/mol. The Morgan fingerprint density at radius 2 is 1.67 bits per heavy atom. The van der Waals surface area contributed by atoms with Gasteiger partial charge in [0.05, 0.1) is 0 Å². The highest BCUT2D eigenvalue weighted by Gasteiger charge is 2.39. The summed E-state index contributed by atoms with van der Waals surface area (Å²) in [5.41, 5.74) is 2.83. The molecule has 1 fully saturated rings. The number of carbonyl (C=O) groups excluding carboxylic acids is 2. The third-order valence-electron chi connectivity index (χ3n) is 4.29. The first-order valence-electron chi connectivity index (χ1n) is 7.92. The summed E-state index contributed by atoms with van der Waals surface area (Å²) < 4.78 is 0. The summed E-state index contributed by atoms with van der Waals surface area (Å²) in [6.45, 7) is 3.97. The van der Waals surface area contributed by atoms with E-state index in [-0.39, 0.29) is 17.7 Å². The Bertz CT molecular complexity index is 786. The van der Waals surface area contributed by atoms with E-state index >= 15 is 0 Å². The van der Waals surface area contributed by atoms with Crippen molar-refractivity contribution in [2.45, 2.75) is 20.3 Å². The van der Waals surface area contributed by atoms with E-state index in [1.165, 1.54) is 0 Å². The van der Waals surface area contributed by atoms with Crippen LogP contribution in [0.2, 0.25) is 5.02 Å². The lowest BCUT2D eigenvalue weighted by Gasteiger charge is -2.08. The molecule has 0 aromatic heterocycles. The summed E-state index contributed by atoms with van der Waals surface area (Å²) in [6.07, 6.45) is 0.950. The number of anilines is 2. The second kappa shape index (κ2) is 6.65. The Morgan fingerprint density at radius 1 is 1.04 bits per heavy atom. The number of halogens is 1. The van der Waals surface area contributed by atoms with Gasteiger partial charge in [0.1, 0.15) is 0 Å². The van der Waals surface area contributed by atoms with Crippen molar-refractivity contribution in [2.24, 2.45) is 11.8 Å². The average Bonchev–Trinajstić information content (AvgIpc) is 3.29. The van der Waals surface area contributed by atoms with Crippen LogP contribution in [0.15, 0.2) is 42.5 Å². The first-order valence-corrected chi connectivity index (χ1v) is 8.30. The molecule has 2 amide bonds. The van der Waals surface area contributed by atoms with E-state index in [9.17, 15) is 9.59 Å². The maximum Gasteiger partial charge on any atom is 0.255 e. The second-order valence-electron chi connectivity index (χ2n) is 6.30. The van der Waals surface area contributed by atoms with Gasteiger partial charge in [0, 0.05) is 27.9 Å². The van der Waals surface area contributed by atoms with Gasteiger partial charge in [0.25, 0.3) is 5.91 Å². The summed E-state index contributed by atoms with van der Waals surface area (Å²) in [5, 5.41) is 6.30. The number of benzene rings is 2. The van der Waals surface area contributed by atoms with E-state index in [0.717, 1.165) is 12.0 Å². The van der Waals surface area contributed by atoms with Crippen LogP contribution >= 0.6 is 11.6 Å². The van der Waals surface area contributed by atoms with Crippen LogP contribution in [-0.2, 0) is 4.79 Å². The monoisotopic (exact) mass is 342 g/mol. The van der Waals surface area contributed by atoms with Gasteiger partial charge in [0.2, 0.25) is 5.91 Å². The minimum absolute atomic E-state index is 0.0500. The molecule has 0 bridgehead atoms.